The van der Waals surface area contributed by atoms with Crippen molar-refractivity contribution < 1.29 is 15.0 Å². The summed E-state index contributed by atoms with van der Waals surface area (Å²) in [6.07, 6.45) is 0. The van der Waals surface area contributed by atoms with Crippen LogP contribution in [-0.2, 0) is 4.79 Å². The van der Waals surface area contributed by atoms with E-state index >= 15 is 0 Å². The number of carbonyl (C=O) groups is 1. The highest BCUT2D eigenvalue weighted by molar-refractivity contribution is 5.72. The van der Waals surface area contributed by atoms with Gasteiger partial charge in [-0.05, 0) is 26.0 Å². The van der Waals surface area contributed by atoms with E-state index in [9.17, 15) is 9.90 Å². The fourth-order valence-corrected chi connectivity index (χ4v) is 1.07. The molecule has 0 aliphatic heterocycles. The predicted octanol–water partition coefficient (Wildman–Crippen LogP) is 1.51. The maximum Gasteiger partial charge on any atom is 0.310 e. The number of hydrogen-bond donors (Lipinski definition) is 2. The molecule has 0 saturated heterocycles. The summed E-state index contributed by atoms with van der Waals surface area (Å²) < 4.78 is 0. The lowest BCUT2D eigenvalue weighted by atomic mass is 9.91. The Morgan fingerprint density at radius 3 is 2.44 bits per heavy atom. The second-order valence-corrected chi connectivity index (χ2v) is 3.82. The first kappa shape index (κ1) is 12.3. The molecule has 0 heterocycles. The zero-order valence-corrected chi connectivity index (χ0v) is 9.27. The van der Waals surface area contributed by atoms with Crippen molar-refractivity contribution in [3.8, 4) is 11.8 Å². The maximum atomic E-state index is 10.7. The Labute approximate surface area is 94.7 Å². The van der Waals surface area contributed by atoms with Gasteiger partial charge >= 0.3 is 5.97 Å². The number of carboxylic acid groups (broad SMARTS) is 1. The molecule has 3 nitrogen and oxygen atoms in total. The first-order valence-corrected chi connectivity index (χ1v) is 4.97. The molecule has 0 radical (unpaired) electrons. The van der Waals surface area contributed by atoms with E-state index in [1.807, 2.05) is 18.2 Å². The summed E-state index contributed by atoms with van der Waals surface area (Å²) in [5, 5.41) is 18.6. The highest BCUT2D eigenvalue weighted by Gasteiger charge is 2.31. The van der Waals surface area contributed by atoms with Crippen LogP contribution in [0.3, 0.4) is 0 Å². The highest BCUT2D eigenvalue weighted by Crippen LogP contribution is 2.16. The molecule has 1 aromatic rings. The molecule has 0 aromatic heterocycles. The Bertz CT molecular complexity index is 423. The van der Waals surface area contributed by atoms with Crippen LogP contribution in [0.1, 0.15) is 19.4 Å². The zero-order valence-electron chi connectivity index (χ0n) is 9.27. The Morgan fingerprint density at radius 2 is 1.94 bits per heavy atom. The number of aliphatic carboxylic acids is 1. The molecular formula is C13H14O3. The maximum absolute atomic E-state index is 10.7. The van der Waals surface area contributed by atoms with Gasteiger partial charge in [-0.15, -0.1) is 0 Å². The highest BCUT2D eigenvalue weighted by atomic mass is 16.4. The van der Waals surface area contributed by atoms with Crippen LogP contribution in [0.25, 0.3) is 0 Å². The summed E-state index contributed by atoms with van der Waals surface area (Å²) in [6, 6.07) is 9.13. The Morgan fingerprint density at radius 1 is 1.38 bits per heavy atom. The molecule has 2 N–H and O–H groups in total. The summed E-state index contributed by atoms with van der Waals surface area (Å²) >= 11 is 0. The topological polar surface area (TPSA) is 57.5 Å². The Hall–Kier alpha value is -1.79. The van der Waals surface area contributed by atoms with Crippen LogP contribution in [0.4, 0.5) is 0 Å². The molecule has 3 heteroatoms. The van der Waals surface area contributed by atoms with Gasteiger partial charge in [-0.25, -0.2) is 0 Å². The van der Waals surface area contributed by atoms with Crippen molar-refractivity contribution in [1.29, 1.82) is 0 Å². The molecule has 84 valence electrons. The lowest BCUT2D eigenvalue weighted by molar-refractivity contribution is -0.146. The summed E-state index contributed by atoms with van der Waals surface area (Å²) in [5.74, 6) is 3.35. The first-order chi connectivity index (χ1) is 7.43. The third-order valence-corrected chi connectivity index (χ3v) is 2.45. The van der Waals surface area contributed by atoms with Crippen LogP contribution in [0, 0.1) is 17.8 Å². The van der Waals surface area contributed by atoms with Crippen LogP contribution in [0.15, 0.2) is 30.3 Å². The quantitative estimate of drug-likeness (QED) is 0.740. The van der Waals surface area contributed by atoms with Gasteiger partial charge in [0.05, 0.1) is 5.92 Å². The number of benzene rings is 1. The van der Waals surface area contributed by atoms with Gasteiger partial charge < -0.3 is 10.2 Å². The van der Waals surface area contributed by atoms with Gasteiger partial charge in [-0.1, -0.05) is 30.0 Å². The molecule has 0 amide bonds. The van der Waals surface area contributed by atoms with Crippen molar-refractivity contribution in [3.63, 3.8) is 0 Å². The van der Waals surface area contributed by atoms with Crippen molar-refractivity contribution in [3.05, 3.63) is 35.9 Å². The van der Waals surface area contributed by atoms with Gasteiger partial charge in [0.2, 0.25) is 0 Å². The van der Waals surface area contributed by atoms with Crippen molar-refractivity contribution in [2.75, 3.05) is 0 Å². The number of carboxylic acids is 1. The average molecular weight is 218 g/mol. The Kier molecular flexibility index (Phi) is 3.70. The average Bonchev–Trinajstić information content (AvgIpc) is 2.27. The molecular weight excluding hydrogens is 204 g/mol. The van der Waals surface area contributed by atoms with Crippen LogP contribution in [0.5, 0.6) is 0 Å². The number of rotatable bonds is 2. The van der Waals surface area contributed by atoms with E-state index in [2.05, 4.69) is 11.8 Å². The van der Waals surface area contributed by atoms with Gasteiger partial charge in [0, 0.05) is 5.56 Å². The third-order valence-electron chi connectivity index (χ3n) is 2.45. The summed E-state index contributed by atoms with van der Waals surface area (Å²) in [5.41, 5.74) is -0.776. The molecule has 0 saturated carbocycles. The molecule has 16 heavy (non-hydrogen) atoms. The molecule has 0 bridgehead atoms. The van der Waals surface area contributed by atoms with E-state index in [4.69, 9.17) is 5.11 Å². The van der Waals surface area contributed by atoms with Gasteiger partial charge in [0.25, 0.3) is 0 Å². The van der Waals surface area contributed by atoms with E-state index in [0.717, 1.165) is 5.56 Å². The minimum Gasteiger partial charge on any atom is -0.481 e. The largest absolute Gasteiger partial charge is 0.481 e. The minimum atomic E-state index is -1.53. The summed E-state index contributed by atoms with van der Waals surface area (Å²) in [4.78, 5) is 10.7. The second-order valence-electron chi connectivity index (χ2n) is 3.82. The van der Waals surface area contributed by atoms with Crippen LogP contribution >= 0.6 is 0 Å². The molecule has 1 rings (SSSR count). The van der Waals surface area contributed by atoms with E-state index in [1.165, 1.54) is 13.8 Å². The van der Waals surface area contributed by atoms with Gasteiger partial charge in [0.1, 0.15) is 5.60 Å². The lowest BCUT2D eigenvalue weighted by Gasteiger charge is -2.20. The van der Waals surface area contributed by atoms with Crippen molar-refractivity contribution >= 4 is 5.97 Å². The second kappa shape index (κ2) is 4.82. The van der Waals surface area contributed by atoms with Crippen molar-refractivity contribution in [2.24, 2.45) is 5.92 Å². The number of aliphatic hydroxyl groups is 1. The van der Waals surface area contributed by atoms with Crippen LogP contribution in [0.2, 0.25) is 0 Å². The molecule has 0 aliphatic carbocycles. The van der Waals surface area contributed by atoms with E-state index in [0.29, 0.717) is 0 Å². The molecule has 1 aromatic carbocycles. The predicted molar refractivity (Wildman–Crippen MR) is 60.7 cm³/mol. The smallest absolute Gasteiger partial charge is 0.310 e. The van der Waals surface area contributed by atoms with Gasteiger partial charge in [0.15, 0.2) is 0 Å². The van der Waals surface area contributed by atoms with Gasteiger partial charge in [-0.3, -0.25) is 4.79 Å². The fourth-order valence-electron chi connectivity index (χ4n) is 1.07. The SMILES string of the molecule is CC(C(=O)O)C(C)(O)C#Cc1ccccc1. The zero-order chi connectivity index (χ0) is 12.2. The van der Waals surface area contributed by atoms with E-state index < -0.39 is 17.5 Å². The van der Waals surface area contributed by atoms with E-state index in [1.54, 1.807) is 12.1 Å². The summed E-state index contributed by atoms with van der Waals surface area (Å²) in [7, 11) is 0. The minimum absolute atomic E-state index is 0.750. The standard InChI is InChI=1S/C13H14O3/c1-10(12(14)15)13(2,16)9-8-11-6-4-3-5-7-11/h3-7,10,16H,1-2H3,(H,14,15). The molecule has 0 aliphatic rings. The van der Waals surface area contributed by atoms with Crippen molar-refractivity contribution in [1.82, 2.24) is 0 Å². The fraction of sp³-hybridized carbons (Fsp3) is 0.308. The molecule has 0 spiro atoms. The van der Waals surface area contributed by atoms with Gasteiger partial charge in [-0.2, -0.15) is 0 Å². The van der Waals surface area contributed by atoms with Crippen LogP contribution in [-0.4, -0.2) is 21.8 Å². The van der Waals surface area contributed by atoms with Crippen molar-refractivity contribution in [2.45, 2.75) is 19.4 Å². The molecule has 0 fully saturated rings. The molecule has 2 atom stereocenters. The van der Waals surface area contributed by atoms with E-state index in [-0.39, 0.29) is 0 Å². The normalized spacial score (nSPS) is 15.4. The molecule has 2 unspecified atom stereocenters. The number of hydrogen-bond acceptors (Lipinski definition) is 2. The Balaban J connectivity index is 2.89. The monoisotopic (exact) mass is 218 g/mol. The summed E-state index contributed by atoms with van der Waals surface area (Å²) in [6.45, 7) is 2.84. The van der Waals surface area contributed by atoms with Crippen LogP contribution < -0.4 is 0 Å². The third kappa shape index (κ3) is 3.11. The first-order valence-electron chi connectivity index (χ1n) is 4.97. The lowest BCUT2D eigenvalue weighted by Crippen LogP contribution is -2.36.